The number of carbonyl (C=O) groups is 1. The first-order valence-corrected chi connectivity index (χ1v) is 8.57. The highest BCUT2D eigenvalue weighted by atomic mass is 16.5. The number of rotatable bonds is 4. The van der Waals surface area contributed by atoms with Crippen molar-refractivity contribution in [3.63, 3.8) is 0 Å². The number of nitrogens with zero attached hydrogens (tertiary/aromatic N) is 1. The minimum absolute atomic E-state index is 0.0689. The summed E-state index contributed by atoms with van der Waals surface area (Å²) in [6, 6.07) is 19.4. The minimum atomic E-state index is -0.583. The van der Waals surface area contributed by atoms with Crippen LogP contribution >= 0.6 is 0 Å². The smallest absolute Gasteiger partial charge is 0.268 e. The highest BCUT2D eigenvalue weighted by Gasteiger charge is 2.40. The van der Waals surface area contributed by atoms with Gasteiger partial charge in [-0.3, -0.25) is 4.79 Å². The topological polar surface area (TPSA) is 41.6 Å². The van der Waals surface area contributed by atoms with Crippen molar-refractivity contribution in [1.82, 2.24) is 10.2 Å². The first-order valence-electron chi connectivity index (χ1n) is 8.57. The zero-order chi connectivity index (χ0) is 16.4. The van der Waals surface area contributed by atoms with E-state index in [1.54, 1.807) is 0 Å². The minimum Gasteiger partial charge on any atom is -0.476 e. The van der Waals surface area contributed by atoms with Crippen LogP contribution in [0.2, 0.25) is 0 Å². The van der Waals surface area contributed by atoms with Crippen molar-refractivity contribution in [2.45, 2.75) is 6.10 Å². The fraction of sp³-hybridized carbons (Fsp3) is 0.350. The first-order chi connectivity index (χ1) is 11.8. The Kier molecular flexibility index (Phi) is 4.22. The Bertz CT molecular complexity index is 677. The number of hydrogen-bond acceptors (Lipinski definition) is 3. The Labute approximate surface area is 142 Å². The summed E-state index contributed by atoms with van der Waals surface area (Å²) >= 11 is 0. The largest absolute Gasteiger partial charge is 0.476 e. The molecule has 2 heterocycles. The predicted octanol–water partition coefficient (Wildman–Crippen LogP) is 2.48. The van der Waals surface area contributed by atoms with Gasteiger partial charge in [0.05, 0.1) is 0 Å². The van der Waals surface area contributed by atoms with Gasteiger partial charge in [-0.2, -0.15) is 0 Å². The normalized spacial score (nSPS) is 23.8. The van der Waals surface area contributed by atoms with Crippen LogP contribution in [0.25, 0.3) is 0 Å². The van der Waals surface area contributed by atoms with Crippen LogP contribution in [0.15, 0.2) is 60.7 Å². The molecule has 0 bridgehead atoms. The van der Waals surface area contributed by atoms with E-state index in [1.165, 1.54) is 0 Å². The van der Waals surface area contributed by atoms with E-state index >= 15 is 0 Å². The molecule has 2 aromatic carbocycles. The molecule has 2 saturated heterocycles. The van der Waals surface area contributed by atoms with Gasteiger partial charge in [-0.1, -0.05) is 48.5 Å². The summed E-state index contributed by atoms with van der Waals surface area (Å²) in [4.78, 5) is 15.1. The van der Waals surface area contributed by atoms with Crippen LogP contribution in [0.5, 0.6) is 5.75 Å². The van der Waals surface area contributed by atoms with E-state index < -0.39 is 6.10 Å². The second kappa shape index (κ2) is 6.65. The maximum absolute atomic E-state index is 13.2. The van der Waals surface area contributed by atoms with E-state index in [4.69, 9.17) is 4.74 Å². The number of likely N-dealkylation sites (tertiary alicyclic amines) is 1. The van der Waals surface area contributed by atoms with Gasteiger partial charge in [0.2, 0.25) is 6.10 Å². The molecule has 2 aliphatic rings. The van der Waals surface area contributed by atoms with Gasteiger partial charge in [0.15, 0.2) is 0 Å². The molecular weight excluding hydrogens is 300 g/mol. The molecule has 4 rings (SSSR count). The molecule has 1 amide bonds. The molecule has 24 heavy (non-hydrogen) atoms. The van der Waals surface area contributed by atoms with Crippen LogP contribution in [0, 0.1) is 11.8 Å². The average molecular weight is 322 g/mol. The molecule has 4 heteroatoms. The summed E-state index contributed by atoms with van der Waals surface area (Å²) in [6.07, 6.45) is -0.583. The second-order valence-electron chi connectivity index (χ2n) is 6.64. The molecule has 3 atom stereocenters. The van der Waals surface area contributed by atoms with Crippen molar-refractivity contribution in [3.05, 3.63) is 66.2 Å². The third-order valence-corrected chi connectivity index (χ3v) is 5.02. The third-order valence-electron chi connectivity index (χ3n) is 5.02. The Balaban J connectivity index is 1.57. The van der Waals surface area contributed by atoms with Gasteiger partial charge >= 0.3 is 0 Å². The summed E-state index contributed by atoms with van der Waals surface area (Å²) in [7, 11) is 0. The number of fused-ring (bicyclic) bond motifs is 1. The van der Waals surface area contributed by atoms with E-state index in [0.717, 1.165) is 37.5 Å². The van der Waals surface area contributed by atoms with E-state index in [0.29, 0.717) is 11.8 Å². The lowest BCUT2D eigenvalue weighted by molar-refractivity contribution is -0.138. The van der Waals surface area contributed by atoms with Crippen LogP contribution < -0.4 is 10.1 Å². The molecule has 0 radical (unpaired) electrons. The van der Waals surface area contributed by atoms with Gasteiger partial charge in [0.25, 0.3) is 5.91 Å². The van der Waals surface area contributed by atoms with E-state index in [2.05, 4.69) is 5.32 Å². The monoisotopic (exact) mass is 322 g/mol. The summed E-state index contributed by atoms with van der Waals surface area (Å²) in [5, 5.41) is 3.42. The lowest BCUT2D eigenvalue weighted by Gasteiger charge is -2.25. The number of nitrogens with one attached hydrogen (secondary N) is 1. The van der Waals surface area contributed by atoms with Crippen molar-refractivity contribution in [2.75, 3.05) is 26.2 Å². The van der Waals surface area contributed by atoms with Crippen molar-refractivity contribution >= 4 is 5.91 Å². The summed E-state index contributed by atoms with van der Waals surface area (Å²) in [5.74, 6) is 1.96. The molecule has 4 nitrogen and oxygen atoms in total. The third kappa shape index (κ3) is 3.02. The molecule has 124 valence electrons. The van der Waals surface area contributed by atoms with Crippen LogP contribution in [0.4, 0.5) is 0 Å². The Morgan fingerprint density at radius 1 is 0.958 bits per heavy atom. The van der Waals surface area contributed by atoms with Gasteiger partial charge in [0.1, 0.15) is 5.75 Å². The standard InChI is InChI=1S/C20H22N2O2/c23-20(22-13-16-11-21-12-17(16)14-22)19(15-7-3-1-4-8-15)24-18-9-5-2-6-10-18/h1-10,16-17,19,21H,11-14H2/t16-,17+,19?. The number of ether oxygens (including phenoxy) is 1. The Hall–Kier alpha value is -2.33. The van der Waals surface area contributed by atoms with E-state index in [-0.39, 0.29) is 5.91 Å². The zero-order valence-electron chi connectivity index (χ0n) is 13.6. The molecule has 2 fully saturated rings. The summed E-state index contributed by atoms with van der Waals surface area (Å²) in [6.45, 7) is 3.70. The molecule has 0 saturated carbocycles. The fourth-order valence-electron chi connectivity index (χ4n) is 3.73. The SMILES string of the molecule is O=C(C(Oc1ccccc1)c1ccccc1)N1C[C@H]2CNC[C@H]2C1. The second-order valence-corrected chi connectivity index (χ2v) is 6.64. The van der Waals surface area contributed by atoms with Crippen molar-refractivity contribution < 1.29 is 9.53 Å². The van der Waals surface area contributed by atoms with Gasteiger partial charge in [-0.05, 0) is 24.0 Å². The average Bonchev–Trinajstić information content (AvgIpc) is 3.23. The van der Waals surface area contributed by atoms with Crippen LogP contribution in [0.3, 0.4) is 0 Å². The number of hydrogen-bond donors (Lipinski definition) is 1. The van der Waals surface area contributed by atoms with Crippen molar-refractivity contribution in [1.29, 1.82) is 0 Å². The number of benzene rings is 2. The van der Waals surface area contributed by atoms with Crippen LogP contribution in [-0.2, 0) is 4.79 Å². The molecule has 1 unspecified atom stereocenters. The van der Waals surface area contributed by atoms with Crippen LogP contribution in [0.1, 0.15) is 11.7 Å². The van der Waals surface area contributed by atoms with E-state index in [1.807, 2.05) is 65.6 Å². The molecule has 0 aromatic heterocycles. The Morgan fingerprint density at radius 3 is 2.17 bits per heavy atom. The van der Waals surface area contributed by atoms with Gasteiger partial charge in [-0.15, -0.1) is 0 Å². The molecule has 2 aromatic rings. The maximum Gasteiger partial charge on any atom is 0.268 e. The molecule has 0 aliphatic carbocycles. The summed E-state index contributed by atoms with van der Waals surface area (Å²) in [5.41, 5.74) is 0.904. The van der Waals surface area contributed by atoms with Crippen molar-refractivity contribution in [3.8, 4) is 5.75 Å². The first kappa shape index (κ1) is 15.2. The Morgan fingerprint density at radius 2 is 1.54 bits per heavy atom. The summed E-state index contributed by atoms with van der Waals surface area (Å²) < 4.78 is 6.09. The molecule has 0 spiro atoms. The molecule has 2 aliphatic heterocycles. The fourth-order valence-corrected chi connectivity index (χ4v) is 3.73. The van der Waals surface area contributed by atoms with Gasteiger partial charge in [0, 0.05) is 31.7 Å². The van der Waals surface area contributed by atoms with Crippen LogP contribution in [-0.4, -0.2) is 37.0 Å². The maximum atomic E-state index is 13.2. The zero-order valence-corrected chi connectivity index (χ0v) is 13.6. The molecule has 1 N–H and O–H groups in total. The quantitative estimate of drug-likeness (QED) is 0.940. The van der Waals surface area contributed by atoms with E-state index in [9.17, 15) is 4.79 Å². The van der Waals surface area contributed by atoms with Gasteiger partial charge in [-0.25, -0.2) is 0 Å². The predicted molar refractivity (Wildman–Crippen MR) is 92.7 cm³/mol. The number of para-hydroxylation sites is 1. The van der Waals surface area contributed by atoms with Gasteiger partial charge < -0.3 is 15.0 Å². The lowest BCUT2D eigenvalue weighted by Crippen LogP contribution is -2.37. The highest BCUT2D eigenvalue weighted by Crippen LogP contribution is 2.30. The number of amides is 1. The number of carbonyl (C=O) groups excluding carboxylic acids is 1. The molecular formula is C20H22N2O2. The lowest BCUT2D eigenvalue weighted by atomic mass is 10.0. The highest BCUT2D eigenvalue weighted by molar-refractivity contribution is 5.83. The van der Waals surface area contributed by atoms with Crippen molar-refractivity contribution in [2.24, 2.45) is 11.8 Å².